The number of phenols is 1. The van der Waals surface area contributed by atoms with Gasteiger partial charge < -0.3 is 16.2 Å². The number of nitrogens with zero attached hydrogens (tertiary/aromatic N) is 1. The molecule has 18 heavy (non-hydrogen) atoms. The number of nitrogen functional groups attached to an aromatic ring is 1. The Kier molecular flexibility index (Phi) is 3.14. The first kappa shape index (κ1) is 11.9. The van der Waals surface area contributed by atoms with Crippen molar-refractivity contribution in [1.82, 2.24) is 4.98 Å². The largest absolute Gasteiger partial charge is 0.507 e. The number of rotatable bonds is 2. The maximum Gasteiger partial charge on any atom is 0.260 e. The fourth-order valence-electron chi connectivity index (χ4n) is 1.49. The molecule has 1 aromatic carbocycles. The number of phenolic OH excluding ortho intramolecular Hbond substituents is 1. The zero-order chi connectivity index (χ0) is 13.1. The van der Waals surface area contributed by atoms with Crippen LogP contribution in [0.4, 0.5) is 11.5 Å². The number of aromatic nitrogens is 1. The van der Waals surface area contributed by atoms with Gasteiger partial charge in [-0.15, -0.1) is 0 Å². The van der Waals surface area contributed by atoms with E-state index in [1.165, 1.54) is 12.3 Å². The minimum atomic E-state index is -0.409. The van der Waals surface area contributed by atoms with Crippen molar-refractivity contribution in [1.29, 1.82) is 0 Å². The van der Waals surface area contributed by atoms with E-state index in [1.807, 2.05) is 6.92 Å². The van der Waals surface area contributed by atoms with Crippen LogP contribution >= 0.6 is 0 Å². The molecule has 0 fully saturated rings. The molecule has 0 aliphatic rings. The number of pyridine rings is 1. The lowest BCUT2D eigenvalue weighted by atomic mass is 10.1. The summed E-state index contributed by atoms with van der Waals surface area (Å²) in [5, 5.41) is 12.2. The third-order valence-electron chi connectivity index (χ3n) is 2.42. The molecular weight excluding hydrogens is 230 g/mol. The highest BCUT2D eigenvalue weighted by atomic mass is 16.3. The number of carbonyl (C=O) groups excluding carboxylic acids is 1. The number of hydrogen-bond acceptors (Lipinski definition) is 4. The minimum Gasteiger partial charge on any atom is -0.507 e. The summed E-state index contributed by atoms with van der Waals surface area (Å²) in [6.07, 6.45) is 1.45. The number of amides is 1. The van der Waals surface area contributed by atoms with Gasteiger partial charge in [0.05, 0.1) is 17.4 Å². The van der Waals surface area contributed by atoms with E-state index in [4.69, 9.17) is 5.73 Å². The lowest BCUT2D eigenvalue weighted by Gasteiger charge is -2.07. The van der Waals surface area contributed by atoms with Gasteiger partial charge in [-0.2, -0.15) is 0 Å². The molecule has 0 aliphatic carbocycles. The Balaban J connectivity index is 2.21. The van der Waals surface area contributed by atoms with Gasteiger partial charge >= 0.3 is 0 Å². The first-order valence-corrected chi connectivity index (χ1v) is 5.39. The molecular formula is C13H13N3O2. The van der Waals surface area contributed by atoms with Gasteiger partial charge in [0, 0.05) is 0 Å². The first-order valence-electron chi connectivity index (χ1n) is 5.39. The van der Waals surface area contributed by atoms with Gasteiger partial charge in [-0.25, -0.2) is 4.98 Å². The summed E-state index contributed by atoms with van der Waals surface area (Å²) in [5.74, 6) is -0.0860. The van der Waals surface area contributed by atoms with Crippen LogP contribution in [0.15, 0.2) is 36.5 Å². The second-order valence-corrected chi connectivity index (χ2v) is 3.95. The molecule has 2 rings (SSSR count). The normalized spacial score (nSPS) is 10.1. The van der Waals surface area contributed by atoms with Crippen LogP contribution in [0.5, 0.6) is 5.75 Å². The zero-order valence-corrected chi connectivity index (χ0v) is 9.84. The molecule has 0 radical (unpaired) electrons. The van der Waals surface area contributed by atoms with E-state index in [1.54, 1.807) is 24.3 Å². The van der Waals surface area contributed by atoms with Gasteiger partial charge in [0.1, 0.15) is 11.6 Å². The Bertz CT molecular complexity index is 579. The zero-order valence-electron chi connectivity index (χ0n) is 9.84. The summed E-state index contributed by atoms with van der Waals surface area (Å²) in [4.78, 5) is 15.9. The monoisotopic (exact) mass is 243 g/mol. The number of carbonyl (C=O) groups is 1. The maximum absolute atomic E-state index is 11.9. The number of hydrogen-bond donors (Lipinski definition) is 3. The Hall–Kier alpha value is -2.56. The van der Waals surface area contributed by atoms with Crippen molar-refractivity contribution in [2.45, 2.75) is 6.92 Å². The van der Waals surface area contributed by atoms with Crippen LogP contribution in [0, 0.1) is 6.92 Å². The van der Waals surface area contributed by atoms with E-state index < -0.39 is 5.91 Å². The highest BCUT2D eigenvalue weighted by Crippen LogP contribution is 2.19. The van der Waals surface area contributed by atoms with Crippen molar-refractivity contribution in [3.63, 3.8) is 0 Å². The molecule has 1 aromatic heterocycles. The van der Waals surface area contributed by atoms with Crippen molar-refractivity contribution >= 4 is 17.4 Å². The summed E-state index contributed by atoms with van der Waals surface area (Å²) < 4.78 is 0. The standard InChI is InChI=1S/C13H13N3O2/c1-8-2-4-11(17)10(6-8)13(18)16-12-5-3-9(14)7-15-12/h2-7,17H,14H2,1H3,(H,15,16,18). The minimum absolute atomic E-state index is 0.0615. The smallest absolute Gasteiger partial charge is 0.260 e. The van der Waals surface area contributed by atoms with Crippen LogP contribution in [0.3, 0.4) is 0 Å². The Morgan fingerprint density at radius 3 is 2.78 bits per heavy atom. The molecule has 0 unspecified atom stereocenters. The van der Waals surface area contributed by atoms with Crippen LogP contribution in [-0.2, 0) is 0 Å². The number of aromatic hydroxyl groups is 1. The highest BCUT2D eigenvalue weighted by molar-refractivity contribution is 6.05. The van der Waals surface area contributed by atoms with Crippen LogP contribution in [-0.4, -0.2) is 16.0 Å². The number of nitrogens with two attached hydrogens (primary N) is 1. The molecule has 5 nitrogen and oxygen atoms in total. The number of aryl methyl sites for hydroxylation is 1. The topological polar surface area (TPSA) is 88.2 Å². The lowest BCUT2D eigenvalue weighted by Crippen LogP contribution is -2.13. The quantitative estimate of drug-likeness (QED) is 0.752. The van der Waals surface area contributed by atoms with Crippen molar-refractivity contribution in [2.24, 2.45) is 0 Å². The summed E-state index contributed by atoms with van der Waals surface area (Å²) in [6.45, 7) is 1.84. The average molecular weight is 243 g/mol. The van der Waals surface area contributed by atoms with Crippen LogP contribution < -0.4 is 11.1 Å². The second-order valence-electron chi connectivity index (χ2n) is 3.95. The van der Waals surface area contributed by atoms with Gasteiger partial charge in [0.2, 0.25) is 0 Å². The second kappa shape index (κ2) is 4.75. The van der Waals surface area contributed by atoms with E-state index in [-0.39, 0.29) is 11.3 Å². The third kappa shape index (κ3) is 2.57. The summed E-state index contributed by atoms with van der Waals surface area (Å²) in [7, 11) is 0. The molecule has 0 spiro atoms. The third-order valence-corrected chi connectivity index (χ3v) is 2.42. The van der Waals surface area contributed by atoms with Gasteiger partial charge in [-0.3, -0.25) is 4.79 Å². The molecule has 0 bridgehead atoms. The summed E-state index contributed by atoms with van der Waals surface area (Å²) >= 11 is 0. The van der Waals surface area contributed by atoms with E-state index in [2.05, 4.69) is 10.3 Å². The predicted octanol–water partition coefficient (Wildman–Crippen LogP) is 1.93. The van der Waals surface area contributed by atoms with Crippen molar-refractivity contribution in [3.8, 4) is 5.75 Å². The lowest BCUT2D eigenvalue weighted by molar-refractivity contribution is 0.102. The number of anilines is 2. The molecule has 0 saturated heterocycles. The van der Waals surface area contributed by atoms with Crippen molar-refractivity contribution < 1.29 is 9.90 Å². The van der Waals surface area contributed by atoms with E-state index >= 15 is 0 Å². The molecule has 0 atom stereocenters. The van der Waals surface area contributed by atoms with Gasteiger partial charge in [0.15, 0.2) is 0 Å². The van der Waals surface area contributed by atoms with Gasteiger partial charge in [-0.05, 0) is 31.2 Å². The predicted molar refractivity (Wildman–Crippen MR) is 69.4 cm³/mol. The SMILES string of the molecule is Cc1ccc(O)c(C(=O)Nc2ccc(N)cn2)c1. The molecule has 1 amide bonds. The summed E-state index contributed by atoms with van der Waals surface area (Å²) in [6, 6.07) is 8.06. The summed E-state index contributed by atoms with van der Waals surface area (Å²) in [5.41, 5.74) is 7.13. The van der Waals surface area contributed by atoms with E-state index in [9.17, 15) is 9.90 Å². The molecule has 0 saturated carbocycles. The van der Waals surface area contributed by atoms with Crippen LogP contribution in [0.2, 0.25) is 0 Å². The molecule has 1 heterocycles. The molecule has 5 heteroatoms. The fraction of sp³-hybridized carbons (Fsp3) is 0.0769. The molecule has 92 valence electrons. The Labute approximate surface area is 104 Å². The Morgan fingerprint density at radius 2 is 2.11 bits per heavy atom. The van der Waals surface area contributed by atoms with Crippen molar-refractivity contribution in [3.05, 3.63) is 47.7 Å². The highest BCUT2D eigenvalue weighted by Gasteiger charge is 2.11. The van der Waals surface area contributed by atoms with Gasteiger partial charge in [0.25, 0.3) is 5.91 Å². The maximum atomic E-state index is 11.9. The molecule has 0 aliphatic heterocycles. The van der Waals surface area contributed by atoms with Crippen LogP contribution in [0.1, 0.15) is 15.9 Å². The Morgan fingerprint density at radius 1 is 1.33 bits per heavy atom. The first-order chi connectivity index (χ1) is 8.56. The number of benzene rings is 1. The van der Waals surface area contributed by atoms with Crippen LogP contribution in [0.25, 0.3) is 0 Å². The fourth-order valence-corrected chi connectivity index (χ4v) is 1.49. The van der Waals surface area contributed by atoms with Gasteiger partial charge in [-0.1, -0.05) is 11.6 Å². The molecule has 4 N–H and O–H groups in total. The van der Waals surface area contributed by atoms with E-state index in [0.29, 0.717) is 11.5 Å². The number of nitrogens with one attached hydrogen (secondary N) is 1. The average Bonchev–Trinajstić information content (AvgIpc) is 2.35. The molecule has 2 aromatic rings. The van der Waals surface area contributed by atoms with Crippen molar-refractivity contribution in [2.75, 3.05) is 11.1 Å². The van der Waals surface area contributed by atoms with E-state index in [0.717, 1.165) is 5.56 Å².